The molecule has 0 unspecified atom stereocenters. The first-order valence-electron chi connectivity index (χ1n) is 9.34. The third-order valence-corrected chi connectivity index (χ3v) is 7.21. The molecule has 0 spiro atoms. The Kier molecular flexibility index (Phi) is 8.01. The lowest BCUT2D eigenvalue weighted by atomic mass is 10.1. The van der Waals surface area contributed by atoms with Gasteiger partial charge in [0.05, 0.1) is 30.8 Å². The fourth-order valence-corrected chi connectivity index (χ4v) is 5.00. The van der Waals surface area contributed by atoms with Crippen LogP contribution in [0.3, 0.4) is 0 Å². The average Bonchev–Trinajstić information content (AvgIpc) is 2.77. The van der Waals surface area contributed by atoms with Crippen LogP contribution in [0.15, 0.2) is 52.3 Å². The smallest absolute Gasteiger partial charge is 0.257 e. The van der Waals surface area contributed by atoms with E-state index in [-0.39, 0.29) is 22.9 Å². The first-order chi connectivity index (χ1) is 14.4. The van der Waals surface area contributed by atoms with Crippen LogP contribution in [0.25, 0.3) is 0 Å². The van der Waals surface area contributed by atoms with Crippen molar-refractivity contribution in [3.63, 3.8) is 0 Å². The predicted octanol–water partition coefficient (Wildman–Crippen LogP) is 2.89. The zero-order chi connectivity index (χ0) is 21.6. The minimum Gasteiger partial charge on any atom is -0.496 e. The Morgan fingerprint density at radius 1 is 1.20 bits per heavy atom. The van der Waals surface area contributed by atoms with E-state index in [2.05, 4.69) is 4.72 Å². The Morgan fingerprint density at radius 3 is 2.57 bits per heavy atom. The number of benzene rings is 2. The first-order valence-corrected chi connectivity index (χ1v) is 12.2. The molecule has 30 heavy (non-hydrogen) atoms. The van der Waals surface area contributed by atoms with Crippen molar-refractivity contribution in [2.75, 3.05) is 45.7 Å². The molecule has 0 bridgehead atoms. The van der Waals surface area contributed by atoms with Crippen LogP contribution in [-0.2, 0) is 14.8 Å². The summed E-state index contributed by atoms with van der Waals surface area (Å²) in [4.78, 5) is 15.5. The van der Waals surface area contributed by atoms with Gasteiger partial charge in [-0.3, -0.25) is 4.79 Å². The van der Waals surface area contributed by atoms with E-state index in [0.717, 1.165) is 4.90 Å². The number of sulfonamides is 1. The maximum absolute atomic E-state index is 12.9. The number of amides is 1. The lowest BCUT2D eigenvalue weighted by Crippen LogP contribution is -2.40. The predicted molar refractivity (Wildman–Crippen MR) is 117 cm³/mol. The first kappa shape index (κ1) is 22.9. The Labute approximate surface area is 185 Å². The Bertz CT molecular complexity index is 977. The van der Waals surface area contributed by atoms with Gasteiger partial charge >= 0.3 is 0 Å². The summed E-state index contributed by atoms with van der Waals surface area (Å²) < 4.78 is 38.6. The van der Waals surface area contributed by atoms with Crippen molar-refractivity contribution in [1.82, 2.24) is 9.62 Å². The summed E-state index contributed by atoms with van der Waals surface area (Å²) in [6.07, 6.45) is 0. The van der Waals surface area contributed by atoms with E-state index >= 15 is 0 Å². The van der Waals surface area contributed by atoms with Crippen LogP contribution >= 0.6 is 23.4 Å². The van der Waals surface area contributed by atoms with Crippen molar-refractivity contribution in [2.45, 2.75) is 9.79 Å². The van der Waals surface area contributed by atoms with E-state index in [1.165, 1.54) is 37.1 Å². The molecule has 1 aliphatic heterocycles. The highest BCUT2D eigenvalue weighted by molar-refractivity contribution is 7.99. The number of carbonyl (C=O) groups is 1. The van der Waals surface area contributed by atoms with Crippen LogP contribution in [0, 0.1) is 0 Å². The lowest BCUT2D eigenvalue weighted by Gasteiger charge is -2.27. The summed E-state index contributed by atoms with van der Waals surface area (Å²) in [6.45, 7) is 2.07. The normalized spacial score (nSPS) is 14.5. The molecule has 1 heterocycles. The molecule has 1 amide bonds. The van der Waals surface area contributed by atoms with Crippen molar-refractivity contribution in [3.8, 4) is 5.75 Å². The van der Waals surface area contributed by atoms with Crippen LogP contribution in [0.5, 0.6) is 5.75 Å². The van der Waals surface area contributed by atoms with Gasteiger partial charge in [0, 0.05) is 35.3 Å². The van der Waals surface area contributed by atoms with Gasteiger partial charge in [-0.1, -0.05) is 11.6 Å². The molecule has 162 valence electrons. The average molecular weight is 471 g/mol. The highest BCUT2D eigenvalue weighted by atomic mass is 35.5. The largest absolute Gasteiger partial charge is 0.496 e. The second-order valence-corrected chi connectivity index (χ2v) is 9.84. The van der Waals surface area contributed by atoms with Gasteiger partial charge < -0.3 is 14.4 Å². The monoisotopic (exact) mass is 470 g/mol. The summed E-state index contributed by atoms with van der Waals surface area (Å²) in [5, 5.41) is 0.655. The van der Waals surface area contributed by atoms with Gasteiger partial charge in [0.2, 0.25) is 10.0 Å². The van der Waals surface area contributed by atoms with E-state index in [4.69, 9.17) is 21.1 Å². The summed E-state index contributed by atoms with van der Waals surface area (Å²) in [6, 6.07) is 11.7. The van der Waals surface area contributed by atoms with Crippen LogP contribution in [0.1, 0.15) is 10.4 Å². The van der Waals surface area contributed by atoms with Crippen LogP contribution in [0.2, 0.25) is 5.02 Å². The maximum atomic E-state index is 12.9. The Hall–Kier alpha value is -1.78. The van der Waals surface area contributed by atoms with E-state index in [1.54, 1.807) is 17.0 Å². The van der Waals surface area contributed by atoms with E-state index < -0.39 is 10.0 Å². The molecule has 1 aliphatic rings. The zero-order valence-electron chi connectivity index (χ0n) is 16.5. The molecule has 1 saturated heterocycles. The quantitative estimate of drug-likeness (QED) is 0.471. The van der Waals surface area contributed by atoms with Crippen molar-refractivity contribution >= 4 is 39.3 Å². The number of thioether (sulfide) groups is 1. The number of nitrogens with one attached hydrogen (secondary N) is 1. The molecule has 0 aliphatic carbocycles. The molecule has 7 nitrogen and oxygen atoms in total. The van der Waals surface area contributed by atoms with Crippen LogP contribution in [-0.4, -0.2) is 64.9 Å². The fraction of sp³-hybridized carbons (Fsp3) is 0.350. The number of nitrogens with zero attached hydrogens (tertiary/aromatic N) is 1. The van der Waals surface area contributed by atoms with Crippen LogP contribution in [0.4, 0.5) is 0 Å². The van der Waals surface area contributed by atoms with Crippen molar-refractivity contribution in [2.24, 2.45) is 0 Å². The summed E-state index contributed by atoms with van der Waals surface area (Å²) >= 11 is 7.38. The maximum Gasteiger partial charge on any atom is 0.257 e. The Morgan fingerprint density at radius 2 is 1.90 bits per heavy atom. The third-order valence-electron chi connectivity index (χ3n) is 4.49. The third kappa shape index (κ3) is 5.89. The highest BCUT2D eigenvalue weighted by Crippen LogP contribution is 2.25. The molecule has 10 heteroatoms. The molecular formula is C20H23ClN2O5S2. The Balaban J connectivity index is 1.67. The molecule has 3 rings (SSSR count). The lowest BCUT2D eigenvalue weighted by molar-refractivity contribution is 0.0300. The molecule has 1 fully saturated rings. The van der Waals surface area contributed by atoms with Gasteiger partial charge in [0.1, 0.15) is 5.75 Å². The molecule has 2 aromatic carbocycles. The second-order valence-electron chi connectivity index (χ2n) is 6.47. The molecule has 0 saturated carbocycles. The topological polar surface area (TPSA) is 84.9 Å². The second kappa shape index (κ2) is 10.5. The molecular weight excluding hydrogens is 448 g/mol. The molecule has 0 atom stereocenters. The number of hydrogen-bond donors (Lipinski definition) is 1. The van der Waals surface area contributed by atoms with Gasteiger partial charge in [-0.2, -0.15) is 0 Å². The molecule has 0 aromatic heterocycles. The van der Waals surface area contributed by atoms with Crippen LogP contribution < -0.4 is 9.46 Å². The molecule has 1 N–H and O–H groups in total. The van der Waals surface area contributed by atoms with Crippen molar-refractivity contribution in [1.29, 1.82) is 0 Å². The zero-order valence-corrected chi connectivity index (χ0v) is 18.9. The minimum absolute atomic E-state index is 0.0244. The van der Waals surface area contributed by atoms with Gasteiger partial charge in [0.25, 0.3) is 5.91 Å². The van der Waals surface area contributed by atoms with Gasteiger partial charge in [0.15, 0.2) is 0 Å². The van der Waals surface area contributed by atoms with Crippen molar-refractivity contribution < 1.29 is 22.7 Å². The standard InChI is InChI=1S/C20H23ClN2O5S2/c1-27-19-7-6-17(14-18(19)20(24)23-9-11-28-12-10-23)30(25,26)22-8-13-29-16-4-2-15(21)3-5-16/h2-7,14,22H,8-13H2,1H3. The van der Waals surface area contributed by atoms with E-state index in [1.807, 2.05) is 12.1 Å². The van der Waals surface area contributed by atoms with Gasteiger partial charge in [-0.05, 0) is 42.5 Å². The summed E-state index contributed by atoms with van der Waals surface area (Å²) in [5.41, 5.74) is 0.220. The van der Waals surface area contributed by atoms with Gasteiger partial charge in [-0.25, -0.2) is 13.1 Å². The molecule has 0 radical (unpaired) electrons. The number of morpholine rings is 1. The SMILES string of the molecule is COc1ccc(S(=O)(=O)NCCSc2ccc(Cl)cc2)cc1C(=O)N1CCOCC1. The van der Waals surface area contributed by atoms with E-state index in [0.29, 0.717) is 42.8 Å². The van der Waals surface area contributed by atoms with Gasteiger partial charge in [-0.15, -0.1) is 11.8 Å². The van der Waals surface area contributed by atoms with Crippen molar-refractivity contribution in [3.05, 3.63) is 53.1 Å². The number of methoxy groups -OCH3 is 1. The molecule has 2 aromatic rings. The minimum atomic E-state index is -3.77. The summed E-state index contributed by atoms with van der Waals surface area (Å²) in [7, 11) is -2.32. The van der Waals surface area contributed by atoms with E-state index in [9.17, 15) is 13.2 Å². The highest BCUT2D eigenvalue weighted by Gasteiger charge is 2.24. The number of ether oxygens (including phenoxy) is 2. The number of halogens is 1. The number of rotatable bonds is 8. The fourth-order valence-electron chi connectivity index (χ4n) is 2.92. The number of carbonyl (C=O) groups excluding carboxylic acids is 1. The summed E-state index contributed by atoms with van der Waals surface area (Å²) in [5.74, 6) is 0.616. The number of hydrogen-bond acceptors (Lipinski definition) is 6.